The first-order chi connectivity index (χ1) is 14.4. The van der Waals surface area contributed by atoms with Gasteiger partial charge in [-0.2, -0.15) is 13.2 Å². The Morgan fingerprint density at radius 2 is 1.84 bits per heavy atom. The summed E-state index contributed by atoms with van der Waals surface area (Å²) < 4.78 is 65.6. The van der Waals surface area contributed by atoms with Crippen LogP contribution in [0, 0.1) is 0 Å². The summed E-state index contributed by atoms with van der Waals surface area (Å²) in [6.45, 7) is 3.91. The Morgan fingerprint density at radius 3 is 2.48 bits per heavy atom. The molecule has 4 rings (SSSR count). The van der Waals surface area contributed by atoms with Gasteiger partial charge in [0.25, 0.3) is 5.91 Å². The normalized spacial score (nSPS) is 20.5. The van der Waals surface area contributed by atoms with E-state index < -0.39 is 38.3 Å². The van der Waals surface area contributed by atoms with Crippen LogP contribution in [0.15, 0.2) is 42.5 Å². The number of fused-ring (bicyclic) bond motifs is 1. The highest BCUT2D eigenvalue weighted by Gasteiger charge is 2.38. The maximum Gasteiger partial charge on any atom is 0.416 e. The van der Waals surface area contributed by atoms with Crippen molar-refractivity contribution in [3.63, 3.8) is 0 Å². The van der Waals surface area contributed by atoms with Crippen molar-refractivity contribution in [2.24, 2.45) is 0 Å². The Balaban J connectivity index is 1.61. The van der Waals surface area contributed by atoms with E-state index in [1.165, 1.54) is 12.1 Å². The maximum atomic E-state index is 13.1. The molecule has 2 aromatic carbocycles. The van der Waals surface area contributed by atoms with Crippen LogP contribution in [0.5, 0.6) is 0 Å². The first-order valence-corrected chi connectivity index (χ1v) is 11.6. The van der Waals surface area contributed by atoms with Crippen LogP contribution in [0.4, 0.5) is 18.9 Å². The van der Waals surface area contributed by atoms with Crippen molar-refractivity contribution < 1.29 is 26.4 Å². The lowest BCUT2D eigenvalue weighted by Crippen LogP contribution is -2.34. The van der Waals surface area contributed by atoms with E-state index in [0.717, 1.165) is 17.7 Å². The number of sulfonamides is 1. The number of halogens is 3. The molecule has 0 bridgehead atoms. The fourth-order valence-electron chi connectivity index (χ4n) is 4.01. The lowest BCUT2D eigenvalue weighted by molar-refractivity contribution is -0.137. The molecule has 2 N–H and O–H groups in total. The van der Waals surface area contributed by atoms with Crippen molar-refractivity contribution in [2.45, 2.75) is 56.0 Å². The number of carbonyl (C=O) groups is 1. The highest BCUT2D eigenvalue weighted by atomic mass is 32.2. The third-order valence-corrected chi connectivity index (χ3v) is 7.69. The SMILES string of the molecule is CC1(C)CC(c2cccc(C(F)(F)F)c2)Nc2ccc(C(=O)NS(=O)(=O)C3CC3)cc21. The lowest BCUT2D eigenvalue weighted by atomic mass is 9.73. The summed E-state index contributed by atoms with van der Waals surface area (Å²) in [6.07, 6.45) is -2.80. The summed E-state index contributed by atoms with van der Waals surface area (Å²) in [4.78, 5) is 12.5. The van der Waals surface area contributed by atoms with E-state index in [4.69, 9.17) is 0 Å². The molecule has 1 aliphatic carbocycles. The second-order valence-electron chi connectivity index (χ2n) is 8.84. The van der Waals surface area contributed by atoms with E-state index in [9.17, 15) is 26.4 Å². The lowest BCUT2D eigenvalue weighted by Gasteiger charge is -2.39. The van der Waals surface area contributed by atoms with E-state index in [1.807, 2.05) is 13.8 Å². The van der Waals surface area contributed by atoms with Gasteiger partial charge in [0, 0.05) is 11.3 Å². The second kappa shape index (κ2) is 7.25. The molecule has 2 aliphatic rings. The molecule has 1 unspecified atom stereocenters. The molecule has 1 saturated carbocycles. The average molecular weight is 452 g/mol. The zero-order valence-corrected chi connectivity index (χ0v) is 17.9. The van der Waals surface area contributed by atoms with E-state index in [0.29, 0.717) is 30.5 Å². The Bertz CT molecular complexity index is 1140. The van der Waals surface area contributed by atoms with Gasteiger partial charge in [-0.1, -0.05) is 26.0 Å². The number of hydrogen-bond donors (Lipinski definition) is 2. The van der Waals surface area contributed by atoms with Gasteiger partial charge in [-0.05, 0) is 66.1 Å². The molecule has 1 fully saturated rings. The predicted molar refractivity (Wildman–Crippen MR) is 111 cm³/mol. The number of hydrogen-bond acceptors (Lipinski definition) is 4. The smallest absolute Gasteiger partial charge is 0.378 e. The maximum absolute atomic E-state index is 13.1. The molecule has 31 heavy (non-hydrogen) atoms. The number of rotatable bonds is 4. The standard InChI is InChI=1S/C22H23F3N2O3S/c1-21(2)12-19(13-4-3-5-15(10-13)22(23,24)25)26-18-9-6-14(11-17(18)21)20(28)27-31(29,30)16-7-8-16/h3-6,9-11,16,19,26H,7-8,12H2,1-2H3,(H,27,28). The van der Waals surface area contributed by atoms with Gasteiger partial charge in [0.15, 0.2) is 0 Å². The summed E-state index contributed by atoms with van der Waals surface area (Å²) in [5.41, 5.74) is 1.14. The minimum absolute atomic E-state index is 0.232. The first-order valence-electron chi connectivity index (χ1n) is 10.0. The zero-order chi connectivity index (χ0) is 22.6. The molecule has 2 aromatic rings. The molecule has 0 saturated heterocycles. The van der Waals surface area contributed by atoms with E-state index >= 15 is 0 Å². The molecule has 9 heteroatoms. The summed E-state index contributed by atoms with van der Waals surface area (Å²) >= 11 is 0. The van der Waals surface area contributed by atoms with Crippen LogP contribution >= 0.6 is 0 Å². The molecule has 0 aromatic heterocycles. The monoisotopic (exact) mass is 452 g/mol. The van der Waals surface area contributed by atoms with Crippen LogP contribution < -0.4 is 10.0 Å². The molecule has 1 amide bonds. The van der Waals surface area contributed by atoms with Gasteiger partial charge in [-0.15, -0.1) is 0 Å². The Labute approximate surface area is 179 Å². The zero-order valence-electron chi connectivity index (χ0n) is 17.1. The van der Waals surface area contributed by atoms with Crippen molar-refractivity contribution in [1.82, 2.24) is 4.72 Å². The quantitative estimate of drug-likeness (QED) is 0.701. The van der Waals surface area contributed by atoms with Crippen LogP contribution in [0.25, 0.3) is 0 Å². The van der Waals surface area contributed by atoms with Crippen LogP contribution in [-0.4, -0.2) is 19.6 Å². The second-order valence-corrected chi connectivity index (χ2v) is 10.8. The third-order valence-electron chi connectivity index (χ3n) is 5.87. The van der Waals surface area contributed by atoms with E-state index in [-0.39, 0.29) is 11.6 Å². The Hall–Kier alpha value is -2.55. The van der Waals surface area contributed by atoms with Gasteiger partial charge in [0.2, 0.25) is 10.0 Å². The number of alkyl halides is 3. The number of amides is 1. The van der Waals surface area contributed by atoms with Crippen molar-refractivity contribution in [3.8, 4) is 0 Å². The van der Waals surface area contributed by atoms with Crippen molar-refractivity contribution >= 4 is 21.6 Å². The minimum atomic E-state index is -4.42. The van der Waals surface area contributed by atoms with Crippen LogP contribution in [-0.2, 0) is 21.6 Å². The van der Waals surface area contributed by atoms with Crippen molar-refractivity contribution in [3.05, 3.63) is 64.7 Å². The van der Waals surface area contributed by atoms with Crippen LogP contribution in [0.3, 0.4) is 0 Å². The number of nitrogens with one attached hydrogen (secondary N) is 2. The molecule has 1 aliphatic heterocycles. The fourth-order valence-corrected chi connectivity index (χ4v) is 5.31. The fraction of sp³-hybridized carbons (Fsp3) is 0.409. The highest BCUT2D eigenvalue weighted by Crippen LogP contribution is 2.45. The molecule has 166 valence electrons. The van der Waals surface area contributed by atoms with E-state index in [1.54, 1.807) is 18.2 Å². The summed E-state index contributed by atoms with van der Waals surface area (Å²) in [6, 6.07) is 9.79. The number of carbonyl (C=O) groups excluding carboxylic acids is 1. The number of benzene rings is 2. The Morgan fingerprint density at radius 1 is 1.13 bits per heavy atom. The molecule has 1 heterocycles. The summed E-state index contributed by atoms with van der Waals surface area (Å²) in [7, 11) is -3.65. The van der Waals surface area contributed by atoms with Crippen LogP contribution in [0.1, 0.15) is 66.2 Å². The third kappa shape index (κ3) is 4.42. The highest BCUT2D eigenvalue weighted by molar-refractivity contribution is 7.91. The van der Waals surface area contributed by atoms with E-state index in [2.05, 4.69) is 10.0 Å². The van der Waals surface area contributed by atoms with Gasteiger partial charge in [0.05, 0.1) is 16.9 Å². The summed E-state index contributed by atoms with van der Waals surface area (Å²) in [5, 5.41) is 2.77. The average Bonchev–Trinajstić information content (AvgIpc) is 3.52. The first kappa shape index (κ1) is 21.7. The minimum Gasteiger partial charge on any atom is -0.378 e. The molecule has 5 nitrogen and oxygen atoms in total. The van der Waals surface area contributed by atoms with Gasteiger partial charge in [-0.25, -0.2) is 13.1 Å². The molecule has 0 radical (unpaired) electrons. The summed E-state index contributed by atoms with van der Waals surface area (Å²) in [5.74, 6) is -0.675. The van der Waals surface area contributed by atoms with Crippen molar-refractivity contribution in [2.75, 3.05) is 5.32 Å². The van der Waals surface area contributed by atoms with Crippen molar-refractivity contribution in [1.29, 1.82) is 0 Å². The van der Waals surface area contributed by atoms with Crippen LogP contribution in [0.2, 0.25) is 0 Å². The largest absolute Gasteiger partial charge is 0.416 e. The molecular weight excluding hydrogens is 429 g/mol. The Kier molecular flexibility index (Phi) is 5.07. The van der Waals surface area contributed by atoms with Gasteiger partial charge < -0.3 is 5.32 Å². The molecule has 0 spiro atoms. The molecular formula is C22H23F3N2O3S. The topological polar surface area (TPSA) is 75.3 Å². The molecule has 1 atom stereocenters. The predicted octanol–water partition coefficient (Wildman–Crippen LogP) is 4.76. The number of anilines is 1. The van der Waals surface area contributed by atoms with Gasteiger partial charge >= 0.3 is 6.18 Å². The van der Waals surface area contributed by atoms with Gasteiger partial charge in [0.1, 0.15) is 0 Å². The van der Waals surface area contributed by atoms with Gasteiger partial charge in [-0.3, -0.25) is 4.79 Å².